The van der Waals surface area contributed by atoms with E-state index in [1.165, 1.54) is 31.1 Å². The summed E-state index contributed by atoms with van der Waals surface area (Å²) < 4.78 is 0. The van der Waals surface area contributed by atoms with Crippen LogP contribution in [0.15, 0.2) is 48.5 Å². The second kappa shape index (κ2) is 6.73. The van der Waals surface area contributed by atoms with Gasteiger partial charge in [-0.15, -0.1) is 0 Å². The monoisotopic (exact) mass is 335 g/mol. The van der Waals surface area contributed by atoms with Crippen molar-refractivity contribution in [3.05, 3.63) is 48.5 Å². The van der Waals surface area contributed by atoms with Gasteiger partial charge < -0.3 is 10.2 Å². The van der Waals surface area contributed by atoms with Gasteiger partial charge in [0, 0.05) is 29.5 Å². The van der Waals surface area contributed by atoms with Gasteiger partial charge in [0.2, 0.25) is 0 Å². The Kier molecular flexibility index (Phi) is 4.30. The normalized spacial score (nSPS) is 15.4. The summed E-state index contributed by atoms with van der Waals surface area (Å²) in [6.45, 7) is 2.12. The minimum atomic E-state index is 0.831. The van der Waals surface area contributed by atoms with Crippen LogP contribution in [0.3, 0.4) is 0 Å². The van der Waals surface area contributed by atoms with Crippen LogP contribution in [0.4, 0.5) is 5.69 Å². The van der Waals surface area contributed by atoms with Gasteiger partial charge in [-0.1, -0.05) is 37.1 Å². The predicted molar refractivity (Wildman–Crippen MR) is 106 cm³/mol. The maximum absolute atomic E-state index is 5.61. The van der Waals surface area contributed by atoms with Crippen LogP contribution in [-0.2, 0) is 0 Å². The van der Waals surface area contributed by atoms with Crippen molar-refractivity contribution < 1.29 is 0 Å². The van der Waals surface area contributed by atoms with Crippen LogP contribution in [0, 0.1) is 0 Å². The molecule has 1 fully saturated rings. The molecule has 0 bridgehead atoms. The van der Waals surface area contributed by atoms with Crippen LogP contribution in [0.25, 0.3) is 21.8 Å². The number of thiocarbonyl (C=S) groups is 1. The Bertz CT molecular complexity index is 882. The molecule has 3 nitrogen and oxygen atoms in total. The molecule has 1 N–H and O–H groups in total. The van der Waals surface area contributed by atoms with Gasteiger partial charge in [0.25, 0.3) is 0 Å². The van der Waals surface area contributed by atoms with Crippen molar-refractivity contribution in [1.29, 1.82) is 0 Å². The molecular weight excluding hydrogens is 314 g/mol. The summed E-state index contributed by atoms with van der Waals surface area (Å²) in [7, 11) is 0. The van der Waals surface area contributed by atoms with E-state index in [9.17, 15) is 0 Å². The molecule has 122 valence electrons. The molecule has 0 saturated carbocycles. The molecule has 0 aliphatic carbocycles. The molecule has 1 aromatic heterocycles. The highest BCUT2D eigenvalue weighted by molar-refractivity contribution is 7.80. The van der Waals surface area contributed by atoms with E-state index in [-0.39, 0.29) is 0 Å². The van der Waals surface area contributed by atoms with E-state index in [4.69, 9.17) is 17.2 Å². The zero-order chi connectivity index (χ0) is 16.4. The number of fused-ring (bicyclic) bond motifs is 2. The molecular formula is C20H21N3S. The highest BCUT2D eigenvalue weighted by atomic mass is 32.1. The standard InChI is InChI=1S/C20H21N3S/c24-20(23-11-5-1-2-6-12-23)21-17-10-9-16-13-15-7-3-4-8-18(15)22-19(16)14-17/h3-4,7-10,13-14H,1-2,5-6,11-12H2,(H,21,24). The quantitative estimate of drug-likeness (QED) is 0.502. The smallest absolute Gasteiger partial charge is 0.173 e. The number of anilines is 1. The van der Waals surface area contributed by atoms with Crippen molar-refractivity contribution >= 4 is 44.8 Å². The molecule has 2 aromatic carbocycles. The van der Waals surface area contributed by atoms with E-state index in [0.717, 1.165) is 40.3 Å². The molecule has 0 radical (unpaired) electrons. The fourth-order valence-corrected chi connectivity index (χ4v) is 3.63. The molecule has 24 heavy (non-hydrogen) atoms. The number of para-hydroxylation sites is 1. The van der Waals surface area contributed by atoms with Gasteiger partial charge >= 0.3 is 0 Å². The lowest BCUT2D eigenvalue weighted by atomic mass is 10.1. The third kappa shape index (κ3) is 3.20. The highest BCUT2D eigenvalue weighted by Crippen LogP contribution is 2.23. The summed E-state index contributed by atoms with van der Waals surface area (Å²) in [5.74, 6) is 0. The first kappa shape index (κ1) is 15.3. The zero-order valence-corrected chi connectivity index (χ0v) is 14.5. The summed E-state index contributed by atoms with van der Waals surface area (Å²) in [4.78, 5) is 7.07. The third-order valence-corrected chi connectivity index (χ3v) is 5.02. The summed E-state index contributed by atoms with van der Waals surface area (Å²) in [5.41, 5.74) is 3.04. The minimum Gasteiger partial charge on any atom is -0.349 e. The predicted octanol–water partition coefficient (Wildman–Crippen LogP) is 4.96. The third-order valence-electron chi connectivity index (χ3n) is 4.66. The van der Waals surface area contributed by atoms with E-state index in [0.29, 0.717) is 0 Å². The van der Waals surface area contributed by atoms with Crippen molar-refractivity contribution in [3.8, 4) is 0 Å². The van der Waals surface area contributed by atoms with E-state index in [2.05, 4.69) is 46.6 Å². The number of benzene rings is 2. The number of hydrogen-bond acceptors (Lipinski definition) is 2. The second-order valence-electron chi connectivity index (χ2n) is 6.42. The van der Waals surface area contributed by atoms with Crippen LogP contribution in [0.5, 0.6) is 0 Å². The number of rotatable bonds is 1. The number of nitrogens with one attached hydrogen (secondary N) is 1. The van der Waals surface area contributed by atoms with Crippen LogP contribution in [0.2, 0.25) is 0 Å². The van der Waals surface area contributed by atoms with Crippen LogP contribution in [0.1, 0.15) is 25.7 Å². The summed E-state index contributed by atoms with van der Waals surface area (Å²) in [6, 6.07) is 16.7. The molecule has 0 unspecified atom stereocenters. The number of nitrogens with zero attached hydrogens (tertiary/aromatic N) is 2. The summed E-state index contributed by atoms with van der Waals surface area (Å²) >= 11 is 5.61. The fraction of sp³-hybridized carbons (Fsp3) is 0.300. The Morgan fingerprint density at radius 3 is 2.46 bits per heavy atom. The second-order valence-corrected chi connectivity index (χ2v) is 6.81. The maximum atomic E-state index is 5.61. The number of pyridine rings is 1. The Labute approximate surface area is 147 Å². The summed E-state index contributed by atoms with van der Waals surface area (Å²) in [5, 5.41) is 6.55. The number of likely N-dealkylation sites (tertiary alicyclic amines) is 1. The SMILES string of the molecule is S=C(Nc1ccc2cc3ccccc3nc2c1)N1CCCCCC1. The molecule has 0 spiro atoms. The largest absolute Gasteiger partial charge is 0.349 e. The number of hydrogen-bond donors (Lipinski definition) is 1. The van der Waals surface area contributed by atoms with Crippen molar-refractivity contribution in [1.82, 2.24) is 9.88 Å². The first-order valence-corrected chi connectivity index (χ1v) is 9.06. The fourth-order valence-electron chi connectivity index (χ4n) is 3.33. The topological polar surface area (TPSA) is 28.2 Å². The zero-order valence-electron chi connectivity index (χ0n) is 13.7. The Morgan fingerprint density at radius 1 is 0.875 bits per heavy atom. The average Bonchev–Trinajstić information content (AvgIpc) is 2.89. The van der Waals surface area contributed by atoms with E-state index in [1.807, 2.05) is 12.1 Å². The van der Waals surface area contributed by atoms with Crippen LogP contribution >= 0.6 is 12.2 Å². The molecule has 0 atom stereocenters. The van der Waals surface area contributed by atoms with Gasteiger partial charge in [-0.2, -0.15) is 0 Å². The lowest BCUT2D eigenvalue weighted by molar-refractivity contribution is 0.441. The van der Waals surface area contributed by atoms with E-state index >= 15 is 0 Å². The summed E-state index contributed by atoms with van der Waals surface area (Å²) in [6.07, 6.45) is 5.08. The lowest BCUT2D eigenvalue weighted by Gasteiger charge is -2.24. The first-order valence-electron chi connectivity index (χ1n) is 8.65. The van der Waals surface area contributed by atoms with Gasteiger partial charge in [-0.05, 0) is 49.3 Å². The first-order chi connectivity index (χ1) is 11.8. The van der Waals surface area contributed by atoms with Crippen molar-refractivity contribution in [2.75, 3.05) is 18.4 Å². The molecule has 3 aromatic rings. The van der Waals surface area contributed by atoms with E-state index < -0.39 is 0 Å². The van der Waals surface area contributed by atoms with Crippen molar-refractivity contribution in [2.45, 2.75) is 25.7 Å². The molecule has 4 heteroatoms. The van der Waals surface area contributed by atoms with Gasteiger partial charge in [0.1, 0.15) is 0 Å². The molecule has 1 saturated heterocycles. The molecule has 1 aliphatic heterocycles. The van der Waals surface area contributed by atoms with Crippen molar-refractivity contribution in [3.63, 3.8) is 0 Å². The Balaban J connectivity index is 1.59. The Hall–Kier alpha value is -2.20. The molecule has 2 heterocycles. The minimum absolute atomic E-state index is 0.831. The highest BCUT2D eigenvalue weighted by Gasteiger charge is 2.12. The van der Waals surface area contributed by atoms with Crippen LogP contribution < -0.4 is 5.32 Å². The molecule has 0 amide bonds. The van der Waals surface area contributed by atoms with Gasteiger partial charge in [-0.3, -0.25) is 0 Å². The number of aromatic nitrogens is 1. The van der Waals surface area contributed by atoms with Gasteiger partial charge in [-0.25, -0.2) is 4.98 Å². The Morgan fingerprint density at radius 2 is 1.62 bits per heavy atom. The maximum Gasteiger partial charge on any atom is 0.173 e. The van der Waals surface area contributed by atoms with Crippen LogP contribution in [-0.4, -0.2) is 28.1 Å². The lowest BCUT2D eigenvalue weighted by Crippen LogP contribution is -2.35. The van der Waals surface area contributed by atoms with Gasteiger partial charge in [0.15, 0.2) is 5.11 Å². The average molecular weight is 335 g/mol. The molecule has 1 aliphatic rings. The molecule has 4 rings (SSSR count). The van der Waals surface area contributed by atoms with Crippen molar-refractivity contribution in [2.24, 2.45) is 0 Å². The van der Waals surface area contributed by atoms with Gasteiger partial charge in [0.05, 0.1) is 11.0 Å². The van der Waals surface area contributed by atoms with E-state index in [1.54, 1.807) is 0 Å².